The molecule has 0 atom stereocenters. The van der Waals surface area contributed by atoms with Crippen molar-refractivity contribution in [2.75, 3.05) is 18.0 Å². The molecule has 1 saturated heterocycles. The fraction of sp³-hybridized carbons (Fsp3) is 0.222. The van der Waals surface area contributed by atoms with Gasteiger partial charge in [0.2, 0.25) is 0 Å². The molecule has 4 nitrogen and oxygen atoms in total. The molecule has 0 aromatic heterocycles. The summed E-state index contributed by atoms with van der Waals surface area (Å²) < 4.78 is 14.9. The second kappa shape index (κ2) is 7.57. The summed E-state index contributed by atoms with van der Waals surface area (Å²) in [6.45, 7) is 1.79. The Morgan fingerprint density at radius 2 is 1.96 bits per heavy atom. The zero-order valence-electron chi connectivity index (χ0n) is 13.0. The number of rotatable bonds is 4. The zero-order chi connectivity index (χ0) is 16.9. The molecule has 0 spiro atoms. The molecule has 1 aliphatic heterocycles. The molecule has 2 aromatic rings. The lowest BCUT2D eigenvalue weighted by Gasteiger charge is -2.18. The van der Waals surface area contributed by atoms with E-state index >= 15 is 0 Å². The Morgan fingerprint density at radius 3 is 2.67 bits per heavy atom. The van der Waals surface area contributed by atoms with Crippen LogP contribution in [0.25, 0.3) is 0 Å². The Bertz CT molecular complexity index is 773. The van der Waals surface area contributed by atoms with Gasteiger partial charge in [0.05, 0.1) is 17.5 Å². The summed E-state index contributed by atoms with van der Waals surface area (Å²) in [4.78, 5) is 14.1. The smallest absolute Gasteiger partial charge is 0.272 e. The van der Waals surface area contributed by atoms with Gasteiger partial charge in [0.15, 0.2) is 0 Å². The second-order valence-corrected chi connectivity index (χ2v) is 6.44. The van der Waals surface area contributed by atoms with Gasteiger partial charge in [-0.15, -0.1) is 0 Å². The highest BCUT2D eigenvalue weighted by Gasteiger charge is 2.15. The van der Waals surface area contributed by atoms with Gasteiger partial charge >= 0.3 is 0 Å². The lowest BCUT2D eigenvalue weighted by atomic mass is 10.2. The number of nitrogens with one attached hydrogen (secondary N) is 1. The first kappa shape index (κ1) is 16.6. The van der Waals surface area contributed by atoms with E-state index in [0.717, 1.165) is 25.9 Å². The quantitative estimate of drug-likeness (QED) is 0.635. The van der Waals surface area contributed by atoms with Crippen molar-refractivity contribution >= 4 is 33.7 Å². The maximum Gasteiger partial charge on any atom is 0.272 e. The van der Waals surface area contributed by atoms with Crippen LogP contribution in [0.15, 0.2) is 52.0 Å². The third kappa shape index (κ3) is 3.82. The van der Waals surface area contributed by atoms with Gasteiger partial charge in [-0.3, -0.25) is 4.79 Å². The highest BCUT2D eigenvalue weighted by Crippen LogP contribution is 2.24. The Balaban J connectivity index is 1.65. The number of benzene rings is 2. The van der Waals surface area contributed by atoms with Crippen LogP contribution in [0.5, 0.6) is 0 Å². The van der Waals surface area contributed by atoms with E-state index in [-0.39, 0.29) is 11.7 Å². The molecule has 124 valence electrons. The van der Waals surface area contributed by atoms with Crippen molar-refractivity contribution in [2.45, 2.75) is 12.8 Å². The van der Waals surface area contributed by atoms with Gasteiger partial charge in [-0.1, -0.05) is 18.2 Å². The minimum atomic E-state index is -0.326. The van der Waals surface area contributed by atoms with E-state index in [1.807, 2.05) is 11.0 Å². The fourth-order valence-electron chi connectivity index (χ4n) is 2.69. The highest BCUT2D eigenvalue weighted by atomic mass is 79.9. The van der Waals surface area contributed by atoms with Crippen molar-refractivity contribution in [2.24, 2.45) is 5.10 Å². The average Bonchev–Trinajstić information content (AvgIpc) is 3.09. The summed E-state index contributed by atoms with van der Waals surface area (Å²) in [6, 6.07) is 12.1. The number of hydrogen-bond acceptors (Lipinski definition) is 3. The minimum Gasteiger partial charge on any atom is -0.369 e. The standard InChI is InChI=1S/C18H17BrFN3O/c19-15-6-2-1-5-14(15)18(24)22-21-12-13-7-8-17(16(20)11-13)23-9-3-4-10-23/h1-2,5-8,11-12H,3-4,9-10H2,(H,22,24)/b21-12-. The van der Waals surface area contributed by atoms with E-state index < -0.39 is 0 Å². The molecule has 24 heavy (non-hydrogen) atoms. The van der Waals surface area contributed by atoms with Gasteiger partial charge in [-0.25, -0.2) is 9.82 Å². The summed E-state index contributed by atoms with van der Waals surface area (Å²) in [5, 5.41) is 3.90. The fourth-order valence-corrected chi connectivity index (χ4v) is 3.15. The lowest BCUT2D eigenvalue weighted by molar-refractivity contribution is 0.0954. The first-order valence-corrected chi connectivity index (χ1v) is 8.57. The lowest BCUT2D eigenvalue weighted by Crippen LogP contribution is -2.19. The van der Waals surface area contributed by atoms with Crippen LogP contribution in [0.1, 0.15) is 28.8 Å². The second-order valence-electron chi connectivity index (χ2n) is 5.58. The molecule has 0 aliphatic carbocycles. The summed E-state index contributed by atoms with van der Waals surface area (Å²) in [5.41, 5.74) is 4.16. The summed E-state index contributed by atoms with van der Waals surface area (Å²) in [5.74, 6) is -0.592. The van der Waals surface area contributed by atoms with Crippen molar-refractivity contribution in [3.63, 3.8) is 0 Å². The normalized spacial score (nSPS) is 14.3. The van der Waals surface area contributed by atoms with Crippen molar-refractivity contribution in [3.8, 4) is 0 Å². The van der Waals surface area contributed by atoms with E-state index in [1.165, 1.54) is 12.3 Å². The number of halogens is 2. The molecule has 0 radical (unpaired) electrons. The molecular weight excluding hydrogens is 373 g/mol. The number of hydrogen-bond donors (Lipinski definition) is 1. The maximum absolute atomic E-state index is 14.2. The van der Waals surface area contributed by atoms with Crippen molar-refractivity contribution in [1.29, 1.82) is 0 Å². The Hall–Kier alpha value is -2.21. The van der Waals surface area contributed by atoms with Gasteiger partial charge in [0.1, 0.15) is 5.82 Å². The largest absolute Gasteiger partial charge is 0.369 e. The average molecular weight is 390 g/mol. The van der Waals surface area contributed by atoms with E-state index in [0.29, 0.717) is 21.3 Å². The van der Waals surface area contributed by atoms with Crippen molar-refractivity contribution < 1.29 is 9.18 Å². The highest BCUT2D eigenvalue weighted by molar-refractivity contribution is 9.10. The molecule has 1 heterocycles. The van der Waals surface area contributed by atoms with Gasteiger partial charge in [0.25, 0.3) is 5.91 Å². The number of hydrazone groups is 1. The third-order valence-electron chi connectivity index (χ3n) is 3.92. The molecule has 1 fully saturated rings. The first-order chi connectivity index (χ1) is 11.6. The predicted molar refractivity (Wildman–Crippen MR) is 97.0 cm³/mol. The topological polar surface area (TPSA) is 44.7 Å². The summed E-state index contributed by atoms with van der Waals surface area (Å²) >= 11 is 3.32. The molecule has 1 aliphatic rings. The number of carbonyl (C=O) groups excluding carboxylic acids is 1. The van der Waals surface area contributed by atoms with Crippen LogP contribution < -0.4 is 10.3 Å². The SMILES string of the molecule is O=C(N/N=C\c1ccc(N2CCCC2)c(F)c1)c1ccccc1Br. The van der Waals surface area contributed by atoms with Crippen LogP contribution in [0.3, 0.4) is 0 Å². The van der Waals surface area contributed by atoms with Crippen LogP contribution in [-0.2, 0) is 0 Å². The summed E-state index contributed by atoms with van der Waals surface area (Å²) in [6.07, 6.45) is 3.64. The molecule has 0 bridgehead atoms. The first-order valence-electron chi connectivity index (χ1n) is 7.77. The Kier molecular flexibility index (Phi) is 5.25. The number of amides is 1. The molecule has 3 rings (SSSR count). The molecule has 2 aromatic carbocycles. The molecule has 1 N–H and O–H groups in total. The van der Waals surface area contributed by atoms with E-state index in [1.54, 1.807) is 30.3 Å². The van der Waals surface area contributed by atoms with Crippen LogP contribution in [-0.4, -0.2) is 25.2 Å². The van der Waals surface area contributed by atoms with E-state index in [2.05, 4.69) is 26.5 Å². The molecule has 1 amide bonds. The van der Waals surface area contributed by atoms with Gasteiger partial charge in [0, 0.05) is 17.6 Å². The van der Waals surface area contributed by atoms with E-state index in [4.69, 9.17) is 0 Å². The van der Waals surface area contributed by atoms with Crippen LogP contribution in [0.4, 0.5) is 10.1 Å². The number of carbonyl (C=O) groups is 1. The molecular formula is C18H17BrFN3O. The monoisotopic (exact) mass is 389 g/mol. The molecule has 0 saturated carbocycles. The minimum absolute atomic E-state index is 0.266. The molecule has 6 heteroatoms. The maximum atomic E-state index is 14.2. The Morgan fingerprint density at radius 1 is 1.21 bits per heavy atom. The van der Waals surface area contributed by atoms with Crippen LogP contribution in [0.2, 0.25) is 0 Å². The van der Waals surface area contributed by atoms with Crippen LogP contribution in [0, 0.1) is 5.82 Å². The third-order valence-corrected chi connectivity index (χ3v) is 4.61. The van der Waals surface area contributed by atoms with Crippen molar-refractivity contribution in [3.05, 3.63) is 63.9 Å². The predicted octanol–water partition coefficient (Wildman–Crippen LogP) is 3.95. The zero-order valence-corrected chi connectivity index (χ0v) is 14.6. The van der Waals surface area contributed by atoms with Gasteiger partial charge in [-0.05, 0) is 58.6 Å². The van der Waals surface area contributed by atoms with Gasteiger partial charge in [-0.2, -0.15) is 5.10 Å². The van der Waals surface area contributed by atoms with E-state index in [9.17, 15) is 9.18 Å². The Labute approximate surface area is 148 Å². The number of nitrogens with zero attached hydrogens (tertiary/aromatic N) is 2. The van der Waals surface area contributed by atoms with Crippen molar-refractivity contribution in [1.82, 2.24) is 5.43 Å². The summed E-state index contributed by atoms with van der Waals surface area (Å²) in [7, 11) is 0. The van der Waals surface area contributed by atoms with Gasteiger partial charge < -0.3 is 4.90 Å². The molecule has 0 unspecified atom stereocenters. The number of anilines is 1. The van der Waals surface area contributed by atoms with Crippen LogP contribution >= 0.6 is 15.9 Å².